The molecule has 0 heterocycles. The van der Waals surface area contributed by atoms with Crippen LogP contribution < -0.4 is 9.47 Å². The summed E-state index contributed by atoms with van der Waals surface area (Å²) < 4.78 is 10.8. The van der Waals surface area contributed by atoms with Gasteiger partial charge in [0.15, 0.2) is 0 Å². The van der Waals surface area contributed by atoms with Gasteiger partial charge >= 0.3 is 0 Å². The first-order valence-corrected chi connectivity index (χ1v) is 7.03. The Bertz CT molecular complexity index is 305. The molecule has 0 aliphatic heterocycles. The lowest BCUT2D eigenvalue weighted by molar-refractivity contribution is 0.276. The van der Waals surface area contributed by atoms with Crippen LogP contribution in [0.15, 0.2) is 24.3 Å². The molecule has 102 valence electrons. The highest BCUT2D eigenvalue weighted by Crippen LogP contribution is 2.18. The Morgan fingerprint density at radius 2 is 1.67 bits per heavy atom. The summed E-state index contributed by atoms with van der Waals surface area (Å²) in [6.07, 6.45) is 6.45. The van der Waals surface area contributed by atoms with E-state index in [1.54, 1.807) is 7.11 Å². The maximum Gasteiger partial charge on any atom is 0.119 e. The van der Waals surface area contributed by atoms with Crippen molar-refractivity contribution in [3.05, 3.63) is 24.3 Å². The monoisotopic (exact) mass is 250 g/mol. The average Bonchev–Trinajstić information content (AvgIpc) is 2.40. The van der Waals surface area contributed by atoms with Crippen molar-refractivity contribution in [1.82, 2.24) is 0 Å². The molecule has 18 heavy (non-hydrogen) atoms. The van der Waals surface area contributed by atoms with Gasteiger partial charge < -0.3 is 9.47 Å². The fourth-order valence-electron chi connectivity index (χ4n) is 1.94. The van der Waals surface area contributed by atoms with Crippen LogP contribution in [0.2, 0.25) is 0 Å². The second-order valence-corrected chi connectivity index (χ2v) is 4.91. The van der Waals surface area contributed by atoms with Crippen molar-refractivity contribution in [3.63, 3.8) is 0 Å². The van der Waals surface area contributed by atoms with E-state index in [1.807, 2.05) is 24.3 Å². The molecule has 0 aliphatic carbocycles. The smallest absolute Gasteiger partial charge is 0.119 e. The highest BCUT2D eigenvalue weighted by atomic mass is 16.5. The van der Waals surface area contributed by atoms with E-state index >= 15 is 0 Å². The third-order valence-corrected chi connectivity index (χ3v) is 3.24. The molecular formula is C16H26O2. The van der Waals surface area contributed by atoms with Gasteiger partial charge in [-0.3, -0.25) is 0 Å². The molecule has 0 spiro atoms. The molecule has 0 N–H and O–H groups in total. The van der Waals surface area contributed by atoms with Crippen LogP contribution in [0.5, 0.6) is 11.5 Å². The molecule has 0 radical (unpaired) electrons. The molecule has 2 heteroatoms. The number of rotatable bonds is 9. The fraction of sp³-hybridized carbons (Fsp3) is 0.625. The van der Waals surface area contributed by atoms with E-state index < -0.39 is 0 Å². The van der Waals surface area contributed by atoms with Crippen LogP contribution in [-0.2, 0) is 0 Å². The van der Waals surface area contributed by atoms with Crippen LogP contribution in [-0.4, -0.2) is 13.7 Å². The zero-order valence-electron chi connectivity index (χ0n) is 11.9. The topological polar surface area (TPSA) is 18.5 Å². The molecular weight excluding hydrogens is 224 g/mol. The Morgan fingerprint density at radius 3 is 2.28 bits per heavy atom. The van der Waals surface area contributed by atoms with Gasteiger partial charge in [-0.15, -0.1) is 0 Å². The molecule has 0 amide bonds. The predicted molar refractivity (Wildman–Crippen MR) is 76.4 cm³/mol. The number of hydrogen-bond acceptors (Lipinski definition) is 2. The molecule has 0 aromatic heterocycles. The number of ether oxygens (including phenoxy) is 2. The molecule has 0 bridgehead atoms. The van der Waals surface area contributed by atoms with E-state index in [1.165, 1.54) is 25.7 Å². The maximum atomic E-state index is 5.73. The summed E-state index contributed by atoms with van der Waals surface area (Å²) in [6, 6.07) is 7.78. The van der Waals surface area contributed by atoms with E-state index in [0.29, 0.717) is 0 Å². The quantitative estimate of drug-likeness (QED) is 0.592. The normalized spacial score (nSPS) is 12.2. The zero-order chi connectivity index (χ0) is 13.2. The second kappa shape index (κ2) is 8.84. The number of hydrogen-bond donors (Lipinski definition) is 0. The van der Waals surface area contributed by atoms with Crippen LogP contribution in [0.1, 0.15) is 46.0 Å². The Balaban J connectivity index is 2.16. The Kier molecular flexibility index (Phi) is 7.31. The predicted octanol–water partition coefficient (Wildman–Crippen LogP) is 4.68. The summed E-state index contributed by atoms with van der Waals surface area (Å²) in [7, 11) is 1.67. The van der Waals surface area contributed by atoms with Gasteiger partial charge in [0.05, 0.1) is 13.7 Å². The van der Waals surface area contributed by atoms with Crippen molar-refractivity contribution < 1.29 is 9.47 Å². The third-order valence-electron chi connectivity index (χ3n) is 3.24. The molecule has 1 aromatic rings. The van der Waals surface area contributed by atoms with Gasteiger partial charge in [0, 0.05) is 0 Å². The van der Waals surface area contributed by atoms with Gasteiger partial charge in [0.2, 0.25) is 0 Å². The third kappa shape index (κ3) is 5.95. The maximum absolute atomic E-state index is 5.73. The summed E-state index contributed by atoms with van der Waals surface area (Å²) in [4.78, 5) is 0. The minimum atomic E-state index is 0.759. The summed E-state index contributed by atoms with van der Waals surface area (Å²) >= 11 is 0. The molecule has 1 atom stereocenters. The molecule has 1 unspecified atom stereocenters. The molecule has 0 saturated heterocycles. The van der Waals surface area contributed by atoms with Gasteiger partial charge in [0.25, 0.3) is 0 Å². The Hall–Kier alpha value is -1.18. The van der Waals surface area contributed by atoms with Crippen LogP contribution in [0.3, 0.4) is 0 Å². The first-order chi connectivity index (χ1) is 8.76. The summed E-state index contributed by atoms with van der Waals surface area (Å²) in [5, 5.41) is 0. The van der Waals surface area contributed by atoms with E-state index in [0.717, 1.165) is 30.4 Å². The van der Waals surface area contributed by atoms with E-state index in [9.17, 15) is 0 Å². The standard InChI is InChI=1S/C16H26O2/c1-4-5-6-7-14(2)12-13-18-16-10-8-15(17-3)9-11-16/h8-11,14H,4-7,12-13H2,1-3H3. The largest absolute Gasteiger partial charge is 0.497 e. The van der Waals surface area contributed by atoms with E-state index in [4.69, 9.17) is 9.47 Å². The van der Waals surface area contributed by atoms with Crippen molar-refractivity contribution >= 4 is 0 Å². The van der Waals surface area contributed by atoms with E-state index in [2.05, 4.69) is 13.8 Å². The average molecular weight is 250 g/mol. The van der Waals surface area contributed by atoms with E-state index in [-0.39, 0.29) is 0 Å². The number of benzene rings is 1. The summed E-state index contributed by atoms with van der Waals surface area (Å²) in [6.45, 7) is 5.37. The van der Waals surface area contributed by atoms with Gasteiger partial charge in [-0.1, -0.05) is 39.5 Å². The minimum absolute atomic E-state index is 0.759. The summed E-state index contributed by atoms with van der Waals surface area (Å²) in [5.74, 6) is 2.56. The second-order valence-electron chi connectivity index (χ2n) is 4.91. The molecule has 1 rings (SSSR count). The van der Waals surface area contributed by atoms with Crippen molar-refractivity contribution in [2.75, 3.05) is 13.7 Å². The summed E-state index contributed by atoms with van der Waals surface area (Å²) in [5.41, 5.74) is 0. The highest BCUT2D eigenvalue weighted by molar-refractivity contribution is 5.31. The van der Waals surface area contributed by atoms with Gasteiger partial charge in [-0.05, 0) is 36.6 Å². The highest BCUT2D eigenvalue weighted by Gasteiger charge is 2.02. The van der Waals surface area contributed by atoms with Crippen molar-refractivity contribution in [2.24, 2.45) is 5.92 Å². The number of methoxy groups -OCH3 is 1. The minimum Gasteiger partial charge on any atom is -0.497 e. The SMILES string of the molecule is CCCCCC(C)CCOc1ccc(OC)cc1. The van der Waals surface area contributed by atoms with Crippen LogP contribution >= 0.6 is 0 Å². The van der Waals surface area contributed by atoms with Gasteiger partial charge in [-0.2, -0.15) is 0 Å². The lowest BCUT2D eigenvalue weighted by Gasteiger charge is -2.12. The fourth-order valence-corrected chi connectivity index (χ4v) is 1.94. The zero-order valence-corrected chi connectivity index (χ0v) is 11.9. The van der Waals surface area contributed by atoms with Crippen LogP contribution in [0.25, 0.3) is 0 Å². The van der Waals surface area contributed by atoms with Crippen LogP contribution in [0, 0.1) is 5.92 Å². The van der Waals surface area contributed by atoms with Gasteiger partial charge in [0.1, 0.15) is 11.5 Å². The van der Waals surface area contributed by atoms with Crippen molar-refractivity contribution in [2.45, 2.75) is 46.0 Å². The van der Waals surface area contributed by atoms with Crippen LogP contribution in [0.4, 0.5) is 0 Å². The van der Waals surface area contributed by atoms with Gasteiger partial charge in [-0.25, -0.2) is 0 Å². The first kappa shape index (κ1) is 14.9. The van der Waals surface area contributed by atoms with Crippen molar-refractivity contribution in [1.29, 1.82) is 0 Å². The Morgan fingerprint density at radius 1 is 1.00 bits per heavy atom. The molecule has 1 aromatic carbocycles. The number of unbranched alkanes of at least 4 members (excludes halogenated alkanes) is 2. The Labute approximate surface area is 111 Å². The molecule has 0 saturated carbocycles. The molecule has 0 fully saturated rings. The molecule has 0 aliphatic rings. The first-order valence-electron chi connectivity index (χ1n) is 7.03. The molecule has 2 nitrogen and oxygen atoms in total. The lowest BCUT2D eigenvalue weighted by Crippen LogP contribution is -2.04. The lowest BCUT2D eigenvalue weighted by atomic mass is 10.0. The van der Waals surface area contributed by atoms with Crippen molar-refractivity contribution in [3.8, 4) is 11.5 Å².